The molecule has 1 unspecified atom stereocenters. The molecule has 0 saturated heterocycles. The Balaban J connectivity index is 1.37. The molecule has 3 aromatic heterocycles. The second kappa shape index (κ2) is 7.85. The second-order valence-corrected chi connectivity index (χ2v) is 6.74. The van der Waals surface area contributed by atoms with Crippen LogP contribution in [-0.2, 0) is 0 Å². The lowest BCUT2D eigenvalue weighted by Gasteiger charge is -2.10. The van der Waals surface area contributed by atoms with Gasteiger partial charge in [-0.15, -0.1) is 0 Å². The van der Waals surface area contributed by atoms with Crippen molar-refractivity contribution in [3.8, 4) is 17.1 Å². The highest BCUT2D eigenvalue weighted by Crippen LogP contribution is 2.29. The molecule has 4 rings (SSSR count). The number of benzene rings is 1. The fraction of sp³-hybridized carbons (Fsp3) is 0.350. The van der Waals surface area contributed by atoms with E-state index in [2.05, 4.69) is 31.5 Å². The SMILES string of the molecule is CCC(O)CNCCCOc1ccc2[nH]c(-c3n[nH]c4cc[nH]c34)cc2c1. The zero-order chi connectivity index (χ0) is 18.6. The fourth-order valence-corrected chi connectivity index (χ4v) is 3.15. The summed E-state index contributed by atoms with van der Waals surface area (Å²) in [5.74, 6) is 0.855. The molecule has 5 N–H and O–H groups in total. The molecule has 0 saturated carbocycles. The van der Waals surface area contributed by atoms with Gasteiger partial charge in [0.05, 0.1) is 29.4 Å². The van der Waals surface area contributed by atoms with Crippen molar-refractivity contribution in [1.82, 2.24) is 25.5 Å². The van der Waals surface area contributed by atoms with Crippen LogP contribution in [0.1, 0.15) is 19.8 Å². The Morgan fingerprint density at radius 3 is 3.04 bits per heavy atom. The minimum absolute atomic E-state index is 0.266. The number of hydrogen-bond acceptors (Lipinski definition) is 4. The summed E-state index contributed by atoms with van der Waals surface area (Å²) < 4.78 is 5.86. The number of nitrogens with zero attached hydrogens (tertiary/aromatic N) is 1. The van der Waals surface area contributed by atoms with Crippen molar-refractivity contribution in [3.63, 3.8) is 0 Å². The Bertz CT molecular complexity index is 1020. The summed E-state index contributed by atoms with van der Waals surface area (Å²) >= 11 is 0. The van der Waals surface area contributed by atoms with E-state index in [4.69, 9.17) is 4.74 Å². The van der Waals surface area contributed by atoms with Crippen LogP contribution in [0.2, 0.25) is 0 Å². The smallest absolute Gasteiger partial charge is 0.132 e. The summed E-state index contributed by atoms with van der Waals surface area (Å²) in [6.45, 7) is 4.08. The number of aromatic amines is 3. The van der Waals surface area contributed by atoms with Crippen LogP contribution in [0.15, 0.2) is 36.5 Å². The Morgan fingerprint density at radius 2 is 2.15 bits per heavy atom. The van der Waals surface area contributed by atoms with E-state index >= 15 is 0 Å². The van der Waals surface area contributed by atoms with Crippen molar-refractivity contribution in [3.05, 3.63) is 36.5 Å². The number of ether oxygens (including phenoxy) is 1. The average Bonchev–Trinajstić information content (AvgIpc) is 3.38. The lowest BCUT2D eigenvalue weighted by molar-refractivity contribution is 0.166. The molecule has 0 amide bonds. The molecule has 1 atom stereocenters. The molecule has 0 spiro atoms. The third kappa shape index (κ3) is 3.84. The van der Waals surface area contributed by atoms with Gasteiger partial charge in [0.1, 0.15) is 11.4 Å². The number of fused-ring (bicyclic) bond motifs is 2. The van der Waals surface area contributed by atoms with Gasteiger partial charge in [-0.05, 0) is 49.7 Å². The first-order valence-corrected chi connectivity index (χ1v) is 9.40. The number of hydrogen-bond donors (Lipinski definition) is 5. The fourth-order valence-electron chi connectivity index (χ4n) is 3.15. The number of H-pyrrole nitrogens is 3. The first-order valence-electron chi connectivity index (χ1n) is 9.40. The van der Waals surface area contributed by atoms with Crippen LogP contribution >= 0.6 is 0 Å². The third-order valence-corrected chi connectivity index (χ3v) is 4.74. The predicted molar refractivity (Wildman–Crippen MR) is 107 cm³/mol. The summed E-state index contributed by atoms with van der Waals surface area (Å²) in [5, 5.41) is 21.3. The maximum atomic E-state index is 9.50. The number of aromatic nitrogens is 4. The van der Waals surface area contributed by atoms with E-state index in [0.29, 0.717) is 13.2 Å². The lowest BCUT2D eigenvalue weighted by atomic mass is 10.2. The molecule has 7 nitrogen and oxygen atoms in total. The normalized spacial score (nSPS) is 12.8. The molecule has 27 heavy (non-hydrogen) atoms. The summed E-state index contributed by atoms with van der Waals surface area (Å²) in [5.41, 5.74) is 4.89. The van der Waals surface area contributed by atoms with Crippen molar-refractivity contribution >= 4 is 21.9 Å². The van der Waals surface area contributed by atoms with Crippen molar-refractivity contribution in [1.29, 1.82) is 0 Å². The Morgan fingerprint density at radius 1 is 1.22 bits per heavy atom. The van der Waals surface area contributed by atoms with Gasteiger partial charge >= 0.3 is 0 Å². The Hall–Kier alpha value is -2.77. The van der Waals surface area contributed by atoms with Gasteiger partial charge in [-0.25, -0.2) is 0 Å². The molecule has 0 fully saturated rings. The van der Waals surface area contributed by atoms with Gasteiger partial charge in [0, 0.05) is 23.6 Å². The van der Waals surface area contributed by atoms with Gasteiger partial charge in [-0.1, -0.05) is 6.92 Å². The first kappa shape index (κ1) is 17.6. The van der Waals surface area contributed by atoms with Gasteiger partial charge in [-0.3, -0.25) is 5.10 Å². The molecular formula is C20H25N5O2. The van der Waals surface area contributed by atoms with Crippen LogP contribution < -0.4 is 10.1 Å². The predicted octanol–water partition coefficient (Wildman–Crippen LogP) is 3.17. The monoisotopic (exact) mass is 367 g/mol. The molecule has 0 aliphatic rings. The molecule has 0 radical (unpaired) electrons. The Labute approximate surface area is 157 Å². The minimum Gasteiger partial charge on any atom is -0.494 e. The Kier molecular flexibility index (Phi) is 5.13. The largest absolute Gasteiger partial charge is 0.494 e. The van der Waals surface area contributed by atoms with E-state index in [1.54, 1.807) is 0 Å². The minimum atomic E-state index is -0.266. The maximum Gasteiger partial charge on any atom is 0.132 e. The molecule has 3 heterocycles. The van der Waals surface area contributed by atoms with Crippen molar-refractivity contribution in [2.75, 3.05) is 19.7 Å². The van der Waals surface area contributed by atoms with E-state index in [0.717, 1.165) is 58.5 Å². The van der Waals surface area contributed by atoms with Crippen LogP contribution in [0.25, 0.3) is 33.3 Å². The summed E-state index contributed by atoms with van der Waals surface area (Å²) in [4.78, 5) is 6.63. The third-order valence-electron chi connectivity index (χ3n) is 4.74. The van der Waals surface area contributed by atoms with E-state index < -0.39 is 0 Å². The zero-order valence-electron chi connectivity index (χ0n) is 15.4. The lowest BCUT2D eigenvalue weighted by Crippen LogP contribution is -2.27. The number of aliphatic hydroxyl groups is 1. The molecule has 4 aromatic rings. The van der Waals surface area contributed by atoms with Crippen molar-refractivity contribution in [2.24, 2.45) is 0 Å². The van der Waals surface area contributed by atoms with Crippen LogP contribution in [0.3, 0.4) is 0 Å². The van der Waals surface area contributed by atoms with E-state index in [9.17, 15) is 5.11 Å². The van der Waals surface area contributed by atoms with Crippen molar-refractivity contribution in [2.45, 2.75) is 25.9 Å². The molecule has 1 aromatic carbocycles. The van der Waals surface area contributed by atoms with E-state index in [1.807, 2.05) is 37.4 Å². The van der Waals surface area contributed by atoms with Crippen LogP contribution in [0.5, 0.6) is 5.75 Å². The maximum absolute atomic E-state index is 9.50. The average molecular weight is 367 g/mol. The van der Waals surface area contributed by atoms with Crippen molar-refractivity contribution < 1.29 is 9.84 Å². The highest BCUT2D eigenvalue weighted by atomic mass is 16.5. The molecule has 0 bridgehead atoms. The molecular weight excluding hydrogens is 342 g/mol. The van der Waals surface area contributed by atoms with Gasteiger partial charge in [0.25, 0.3) is 0 Å². The first-order chi connectivity index (χ1) is 13.2. The molecule has 142 valence electrons. The van der Waals surface area contributed by atoms with Gasteiger partial charge in [0.15, 0.2) is 0 Å². The molecule has 7 heteroatoms. The highest BCUT2D eigenvalue weighted by Gasteiger charge is 2.12. The van der Waals surface area contributed by atoms with E-state index in [1.165, 1.54) is 0 Å². The van der Waals surface area contributed by atoms with Crippen LogP contribution in [0.4, 0.5) is 0 Å². The zero-order valence-corrected chi connectivity index (χ0v) is 15.4. The molecule has 0 aliphatic heterocycles. The number of nitrogens with one attached hydrogen (secondary N) is 4. The molecule has 0 aliphatic carbocycles. The summed E-state index contributed by atoms with van der Waals surface area (Å²) in [7, 11) is 0. The number of aliphatic hydroxyl groups excluding tert-OH is 1. The van der Waals surface area contributed by atoms with Crippen LogP contribution in [-0.4, -0.2) is 51.1 Å². The highest BCUT2D eigenvalue weighted by molar-refractivity contribution is 5.94. The standard InChI is InChI=1S/C20H25N5O2/c1-2-14(26)12-21-7-3-9-27-15-4-5-16-13(10-15)11-18(23-16)20-19-17(24-25-20)6-8-22-19/h4-6,8,10-11,14,21-23,26H,2-3,7,9,12H2,1H3,(H,24,25). The summed E-state index contributed by atoms with van der Waals surface area (Å²) in [6, 6.07) is 10.1. The van der Waals surface area contributed by atoms with Gasteiger partial charge in [0.2, 0.25) is 0 Å². The quantitative estimate of drug-likeness (QED) is 0.293. The van der Waals surface area contributed by atoms with Crippen LogP contribution in [0, 0.1) is 0 Å². The second-order valence-electron chi connectivity index (χ2n) is 6.74. The van der Waals surface area contributed by atoms with Gasteiger partial charge < -0.3 is 25.1 Å². The summed E-state index contributed by atoms with van der Waals surface area (Å²) in [6.07, 6.45) is 3.30. The van der Waals surface area contributed by atoms with Gasteiger partial charge in [-0.2, -0.15) is 5.10 Å². The topological polar surface area (TPSA) is 102 Å². The van der Waals surface area contributed by atoms with E-state index in [-0.39, 0.29) is 6.10 Å². The number of rotatable bonds is 9.